The Kier molecular flexibility index (Phi) is 7.05. The predicted molar refractivity (Wildman–Crippen MR) is 105 cm³/mol. The van der Waals surface area contributed by atoms with Crippen LogP contribution in [-0.4, -0.2) is 28.5 Å². The van der Waals surface area contributed by atoms with Gasteiger partial charge in [-0.1, -0.05) is 12.1 Å². The molecule has 2 N–H and O–H groups in total. The first-order chi connectivity index (χ1) is 12.3. The highest BCUT2D eigenvalue weighted by molar-refractivity contribution is 9.11. The summed E-state index contributed by atoms with van der Waals surface area (Å²) in [6.07, 6.45) is 1.08. The minimum atomic E-state index is -1.09. The maximum absolute atomic E-state index is 10.7. The number of carboxylic acids is 1. The van der Waals surface area contributed by atoms with E-state index in [-0.39, 0.29) is 5.75 Å². The second-order valence-electron chi connectivity index (χ2n) is 5.38. The summed E-state index contributed by atoms with van der Waals surface area (Å²) in [6.45, 7) is 3.34. The first kappa shape index (κ1) is 20.3. The molecule has 0 spiro atoms. The van der Waals surface area contributed by atoms with Crippen LogP contribution in [-0.2, 0) is 16.1 Å². The summed E-state index contributed by atoms with van der Waals surface area (Å²) in [5.74, 6) is 0.310. The van der Waals surface area contributed by atoms with Crippen molar-refractivity contribution in [3.05, 3.63) is 50.4 Å². The molecule has 0 radical (unpaired) electrons. The molecular formula is C18H17Br2NO5. The van der Waals surface area contributed by atoms with E-state index in [1.165, 1.54) is 13.1 Å². The number of aromatic hydroxyl groups is 1. The standard InChI is InChI=1S/C18H17Br2NO5/c1-3-12-8-13(4-5-16(12)22)25-17-14(19)6-11(7-15(17)20)9-21-26-10(2)18(23)24/h4-10,22H,3H2,1-2H3,(H,23,24)/b21-9+. The Labute approximate surface area is 167 Å². The molecule has 0 saturated carbocycles. The van der Waals surface area contributed by atoms with Crippen LogP contribution in [0.5, 0.6) is 17.2 Å². The third kappa shape index (κ3) is 5.22. The number of halogens is 2. The lowest BCUT2D eigenvalue weighted by atomic mass is 10.1. The highest BCUT2D eigenvalue weighted by Gasteiger charge is 2.12. The molecule has 8 heteroatoms. The molecule has 0 aliphatic heterocycles. The third-order valence-corrected chi connectivity index (χ3v) is 4.62. The highest BCUT2D eigenvalue weighted by atomic mass is 79.9. The predicted octanol–water partition coefficient (Wildman–Crippen LogP) is 5.10. The Morgan fingerprint density at radius 2 is 1.92 bits per heavy atom. The summed E-state index contributed by atoms with van der Waals surface area (Å²) in [4.78, 5) is 15.5. The van der Waals surface area contributed by atoms with Crippen LogP contribution in [0.3, 0.4) is 0 Å². The number of phenolic OH excluding ortho intramolecular Hbond substituents is 1. The molecule has 2 aromatic rings. The van der Waals surface area contributed by atoms with Gasteiger partial charge in [-0.3, -0.25) is 0 Å². The van der Waals surface area contributed by atoms with E-state index in [1.54, 1.807) is 30.3 Å². The molecule has 138 valence electrons. The van der Waals surface area contributed by atoms with Gasteiger partial charge in [-0.25, -0.2) is 4.79 Å². The molecule has 1 atom stereocenters. The largest absolute Gasteiger partial charge is 0.508 e. The molecule has 0 amide bonds. The average Bonchev–Trinajstić information content (AvgIpc) is 2.59. The van der Waals surface area contributed by atoms with E-state index >= 15 is 0 Å². The van der Waals surface area contributed by atoms with Gasteiger partial charge in [0.05, 0.1) is 15.2 Å². The first-order valence-corrected chi connectivity index (χ1v) is 9.31. The molecule has 0 heterocycles. The molecular weight excluding hydrogens is 470 g/mol. The zero-order chi connectivity index (χ0) is 19.3. The Balaban J connectivity index is 2.19. The van der Waals surface area contributed by atoms with Gasteiger partial charge in [0.2, 0.25) is 6.10 Å². The van der Waals surface area contributed by atoms with Crippen molar-refractivity contribution in [1.82, 2.24) is 0 Å². The summed E-state index contributed by atoms with van der Waals surface area (Å²) in [6, 6.07) is 8.59. The van der Waals surface area contributed by atoms with Crippen molar-refractivity contribution >= 4 is 44.0 Å². The molecule has 26 heavy (non-hydrogen) atoms. The van der Waals surface area contributed by atoms with Gasteiger partial charge in [0.25, 0.3) is 0 Å². The molecule has 0 saturated heterocycles. The molecule has 0 aliphatic carbocycles. The second-order valence-corrected chi connectivity index (χ2v) is 7.09. The van der Waals surface area contributed by atoms with Crippen molar-refractivity contribution in [3.63, 3.8) is 0 Å². The Morgan fingerprint density at radius 3 is 2.50 bits per heavy atom. The van der Waals surface area contributed by atoms with Gasteiger partial charge in [-0.2, -0.15) is 0 Å². The number of rotatable bonds is 7. The average molecular weight is 487 g/mol. The molecule has 2 aromatic carbocycles. The number of nitrogens with zero attached hydrogens (tertiary/aromatic N) is 1. The summed E-state index contributed by atoms with van der Waals surface area (Å²) in [5.41, 5.74) is 1.48. The van der Waals surface area contributed by atoms with Gasteiger partial charge in [0, 0.05) is 0 Å². The SMILES string of the molecule is CCc1cc(Oc2c(Br)cc(/C=N/OC(C)C(=O)O)cc2Br)ccc1O. The normalized spacial score (nSPS) is 12.2. The van der Waals surface area contributed by atoms with E-state index in [0.29, 0.717) is 32.4 Å². The van der Waals surface area contributed by atoms with Crippen molar-refractivity contribution in [2.45, 2.75) is 26.4 Å². The summed E-state index contributed by atoms with van der Waals surface area (Å²) < 4.78 is 7.25. The zero-order valence-corrected chi connectivity index (χ0v) is 17.2. The topological polar surface area (TPSA) is 88.4 Å². The highest BCUT2D eigenvalue weighted by Crippen LogP contribution is 2.38. The van der Waals surface area contributed by atoms with E-state index in [0.717, 1.165) is 5.56 Å². The maximum Gasteiger partial charge on any atom is 0.347 e. The Hall–Kier alpha value is -2.06. The number of carbonyl (C=O) groups is 1. The molecule has 0 bridgehead atoms. The first-order valence-electron chi connectivity index (χ1n) is 7.72. The summed E-state index contributed by atoms with van der Waals surface area (Å²) in [5, 5.41) is 22.2. The summed E-state index contributed by atoms with van der Waals surface area (Å²) in [7, 11) is 0. The number of hydrogen-bond acceptors (Lipinski definition) is 5. The fourth-order valence-electron chi connectivity index (χ4n) is 2.01. The van der Waals surface area contributed by atoms with Crippen molar-refractivity contribution in [2.75, 3.05) is 0 Å². The van der Waals surface area contributed by atoms with Crippen LogP contribution in [0.4, 0.5) is 0 Å². The molecule has 0 aromatic heterocycles. The Morgan fingerprint density at radius 1 is 1.27 bits per heavy atom. The smallest absolute Gasteiger partial charge is 0.347 e. The van der Waals surface area contributed by atoms with Gasteiger partial charge in [0.1, 0.15) is 11.5 Å². The number of phenols is 1. The lowest BCUT2D eigenvalue weighted by Crippen LogP contribution is -2.17. The van der Waals surface area contributed by atoms with Gasteiger partial charge in [0.15, 0.2) is 5.75 Å². The fraction of sp³-hybridized carbons (Fsp3) is 0.222. The number of hydrogen-bond donors (Lipinski definition) is 2. The van der Waals surface area contributed by atoms with Gasteiger partial charge in [-0.05, 0) is 86.7 Å². The lowest BCUT2D eigenvalue weighted by Gasteiger charge is -2.12. The molecule has 0 aliphatic rings. The number of aryl methyl sites for hydroxylation is 1. The van der Waals surface area contributed by atoms with E-state index in [9.17, 15) is 9.90 Å². The van der Waals surface area contributed by atoms with Crippen molar-refractivity contribution in [1.29, 1.82) is 0 Å². The maximum atomic E-state index is 10.7. The van der Waals surface area contributed by atoms with Crippen molar-refractivity contribution in [3.8, 4) is 17.2 Å². The van der Waals surface area contributed by atoms with Crippen LogP contribution in [0.2, 0.25) is 0 Å². The molecule has 1 unspecified atom stereocenters. The van der Waals surface area contributed by atoms with E-state index in [4.69, 9.17) is 14.7 Å². The Bertz CT molecular complexity index is 815. The lowest BCUT2D eigenvalue weighted by molar-refractivity contribution is -0.149. The van der Waals surface area contributed by atoms with Crippen LogP contribution in [0, 0.1) is 0 Å². The van der Waals surface area contributed by atoms with E-state index < -0.39 is 12.1 Å². The third-order valence-electron chi connectivity index (χ3n) is 3.44. The number of aliphatic carboxylic acids is 1. The van der Waals surface area contributed by atoms with Gasteiger partial charge >= 0.3 is 5.97 Å². The quantitative estimate of drug-likeness (QED) is 0.420. The van der Waals surface area contributed by atoms with Gasteiger partial charge < -0.3 is 19.8 Å². The van der Waals surface area contributed by atoms with Crippen molar-refractivity contribution in [2.24, 2.45) is 5.16 Å². The van der Waals surface area contributed by atoms with Crippen LogP contribution in [0.15, 0.2) is 44.4 Å². The van der Waals surface area contributed by atoms with Crippen LogP contribution in [0.1, 0.15) is 25.0 Å². The second kappa shape index (κ2) is 9.05. The number of benzene rings is 2. The number of carboxylic acid groups (broad SMARTS) is 1. The van der Waals surface area contributed by atoms with Crippen LogP contribution < -0.4 is 4.74 Å². The molecule has 0 fully saturated rings. The molecule has 2 rings (SSSR count). The molecule has 6 nitrogen and oxygen atoms in total. The van der Waals surface area contributed by atoms with Gasteiger partial charge in [-0.15, -0.1) is 0 Å². The zero-order valence-electron chi connectivity index (χ0n) is 14.1. The van der Waals surface area contributed by atoms with Crippen molar-refractivity contribution < 1.29 is 24.6 Å². The monoisotopic (exact) mass is 485 g/mol. The number of oxime groups is 1. The van der Waals surface area contributed by atoms with E-state index in [1.807, 2.05) is 6.92 Å². The fourth-order valence-corrected chi connectivity index (χ4v) is 3.39. The minimum absolute atomic E-state index is 0.236. The number of ether oxygens (including phenoxy) is 1. The van der Waals surface area contributed by atoms with E-state index in [2.05, 4.69) is 37.0 Å². The minimum Gasteiger partial charge on any atom is -0.508 e. The summed E-state index contributed by atoms with van der Waals surface area (Å²) >= 11 is 6.90. The van der Waals surface area contributed by atoms with Crippen LogP contribution >= 0.6 is 31.9 Å². The van der Waals surface area contributed by atoms with Crippen LogP contribution in [0.25, 0.3) is 0 Å².